The summed E-state index contributed by atoms with van der Waals surface area (Å²) in [4.78, 5) is 23.9. The Hall–Kier alpha value is -0.940. The standard InChI is InChI=1S/C21H37NO4/c1-4-20(23)16-5-7-17(8-6-16)22-21(24)13-14-25-18-9-11-19(12-10-18)26-15(2)3/h15-19H,4-14H2,1-3H3,(H,22,24). The van der Waals surface area contributed by atoms with Gasteiger partial charge in [0.25, 0.3) is 0 Å². The molecule has 1 amide bonds. The van der Waals surface area contributed by atoms with Gasteiger partial charge in [0.15, 0.2) is 0 Å². The SMILES string of the molecule is CCC(=O)C1CCC(NC(=O)CCOC2CCC(OC(C)C)CC2)CC1. The van der Waals surface area contributed by atoms with Crippen LogP contribution >= 0.6 is 0 Å². The van der Waals surface area contributed by atoms with Crippen molar-refractivity contribution in [3.8, 4) is 0 Å². The summed E-state index contributed by atoms with van der Waals surface area (Å²) in [6.45, 7) is 6.58. The molecule has 0 bridgehead atoms. The molecular formula is C21H37NO4. The highest BCUT2D eigenvalue weighted by Crippen LogP contribution is 2.26. The molecule has 0 aromatic carbocycles. The Bertz CT molecular complexity index is 435. The zero-order valence-corrected chi connectivity index (χ0v) is 16.8. The molecular weight excluding hydrogens is 330 g/mol. The third kappa shape index (κ3) is 7.36. The number of ketones is 1. The minimum Gasteiger partial charge on any atom is -0.378 e. The van der Waals surface area contributed by atoms with Gasteiger partial charge in [-0.05, 0) is 65.2 Å². The van der Waals surface area contributed by atoms with Crippen molar-refractivity contribution in [1.82, 2.24) is 5.32 Å². The molecule has 0 aromatic rings. The van der Waals surface area contributed by atoms with Gasteiger partial charge in [0.1, 0.15) is 5.78 Å². The van der Waals surface area contributed by atoms with E-state index in [1.807, 2.05) is 6.92 Å². The highest BCUT2D eigenvalue weighted by Gasteiger charge is 2.26. The van der Waals surface area contributed by atoms with Crippen LogP contribution in [0.1, 0.15) is 85.0 Å². The number of rotatable bonds is 9. The predicted octanol–water partition coefficient (Wildman–Crippen LogP) is 3.78. The molecule has 26 heavy (non-hydrogen) atoms. The predicted molar refractivity (Wildman–Crippen MR) is 102 cm³/mol. The van der Waals surface area contributed by atoms with Crippen LogP contribution < -0.4 is 5.32 Å². The second-order valence-corrected chi connectivity index (χ2v) is 8.14. The summed E-state index contributed by atoms with van der Waals surface area (Å²) in [5.41, 5.74) is 0. The number of hydrogen-bond acceptors (Lipinski definition) is 4. The Kier molecular flexibility index (Phi) is 9.06. The summed E-state index contributed by atoms with van der Waals surface area (Å²) in [7, 11) is 0. The molecule has 0 spiro atoms. The van der Waals surface area contributed by atoms with E-state index >= 15 is 0 Å². The van der Waals surface area contributed by atoms with Gasteiger partial charge >= 0.3 is 0 Å². The van der Waals surface area contributed by atoms with Crippen LogP contribution in [0.25, 0.3) is 0 Å². The van der Waals surface area contributed by atoms with E-state index in [4.69, 9.17) is 9.47 Å². The second kappa shape index (κ2) is 11.0. The number of nitrogens with one attached hydrogen (secondary N) is 1. The third-order valence-electron chi connectivity index (χ3n) is 5.66. The Balaban J connectivity index is 1.54. The Morgan fingerprint density at radius 3 is 2.15 bits per heavy atom. The van der Waals surface area contributed by atoms with E-state index in [-0.39, 0.29) is 30.1 Å². The largest absolute Gasteiger partial charge is 0.378 e. The lowest BCUT2D eigenvalue weighted by Gasteiger charge is -2.30. The van der Waals surface area contributed by atoms with Crippen molar-refractivity contribution < 1.29 is 19.1 Å². The second-order valence-electron chi connectivity index (χ2n) is 8.14. The minimum absolute atomic E-state index is 0.0760. The van der Waals surface area contributed by atoms with Crippen LogP contribution in [0.15, 0.2) is 0 Å². The number of Topliss-reactive ketones (excluding diaryl/α,β-unsaturated/α-hetero) is 1. The Labute approximate surface area is 158 Å². The zero-order chi connectivity index (χ0) is 18.9. The summed E-state index contributed by atoms with van der Waals surface area (Å²) in [6.07, 6.45) is 9.79. The van der Waals surface area contributed by atoms with Gasteiger partial charge in [-0.25, -0.2) is 0 Å². The van der Waals surface area contributed by atoms with Crippen molar-refractivity contribution in [3.63, 3.8) is 0 Å². The number of carbonyl (C=O) groups is 2. The summed E-state index contributed by atoms with van der Waals surface area (Å²) in [6, 6.07) is 0.229. The van der Waals surface area contributed by atoms with Crippen molar-refractivity contribution in [2.75, 3.05) is 6.61 Å². The summed E-state index contributed by atoms with van der Waals surface area (Å²) < 4.78 is 11.8. The summed E-state index contributed by atoms with van der Waals surface area (Å²) >= 11 is 0. The molecule has 0 unspecified atom stereocenters. The maximum Gasteiger partial charge on any atom is 0.222 e. The fraction of sp³-hybridized carbons (Fsp3) is 0.905. The fourth-order valence-electron chi connectivity index (χ4n) is 4.19. The molecule has 0 atom stereocenters. The smallest absolute Gasteiger partial charge is 0.222 e. The molecule has 0 radical (unpaired) electrons. The molecule has 2 saturated carbocycles. The van der Waals surface area contributed by atoms with Crippen LogP contribution in [0.2, 0.25) is 0 Å². The topological polar surface area (TPSA) is 64.6 Å². The van der Waals surface area contributed by atoms with Crippen molar-refractivity contribution in [2.45, 2.75) is 109 Å². The molecule has 0 aromatic heterocycles. The van der Waals surface area contributed by atoms with E-state index < -0.39 is 0 Å². The van der Waals surface area contributed by atoms with Crippen molar-refractivity contribution in [2.24, 2.45) is 5.92 Å². The molecule has 0 saturated heterocycles. The molecule has 2 aliphatic carbocycles. The molecule has 2 fully saturated rings. The van der Waals surface area contributed by atoms with Gasteiger partial charge in [0, 0.05) is 24.8 Å². The van der Waals surface area contributed by atoms with Gasteiger partial charge in [0.05, 0.1) is 24.9 Å². The minimum atomic E-state index is 0.0760. The average molecular weight is 368 g/mol. The maximum atomic E-state index is 12.1. The maximum absolute atomic E-state index is 12.1. The van der Waals surface area contributed by atoms with E-state index in [1.165, 1.54) is 0 Å². The first kappa shape index (κ1) is 21.4. The van der Waals surface area contributed by atoms with Crippen LogP contribution in [-0.2, 0) is 19.1 Å². The molecule has 1 N–H and O–H groups in total. The lowest BCUT2D eigenvalue weighted by atomic mass is 9.83. The van der Waals surface area contributed by atoms with Gasteiger partial charge in [0.2, 0.25) is 5.91 Å². The van der Waals surface area contributed by atoms with Crippen LogP contribution in [0, 0.1) is 5.92 Å². The fourth-order valence-corrected chi connectivity index (χ4v) is 4.19. The number of amides is 1. The quantitative estimate of drug-likeness (QED) is 0.673. The molecule has 2 rings (SSSR count). The Morgan fingerprint density at radius 1 is 0.962 bits per heavy atom. The van der Waals surface area contributed by atoms with Gasteiger partial charge in [-0.15, -0.1) is 0 Å². The Morgan fingerprint density at radius 2 is 1.58 bits per heavy atom. The molecule has 150 valence electrons. The first-order chi connectivity index (χ1) is 12.5. The van der Waals surface area contributed by atoms with Crippen molar-refractivity contribution >= 4 is 11.7 Å². The van der Waals surface area contributed by atoms with E-state index in [9.17, 15) is 9.59 Å². The first-order valence-corrected chi connectivity index (χ1v) is 10.6. The van der Waals surface area contributed by atoms with Gasteiger partial charge in [-0.2, -0.15) is 0 Å². The summed E-state index contributed by atoms with van der Waals surface area (Å²) in [5, 5.41) is 3.11. The van der Waals surface area contributed by atoms with E-state index in [2.05, 4.69) is 19.2 Å². The molecule has 5 nitrogen and oxygen atoms in total. The van der Waals surface area contributed by atoms with Crippen LogP contribution in [0.4, 0.5) is 0 Å². The van der Waals surface area contributed by atoms with Crippen molar-refractivity contribution in [3.05, 3.63) is 0 Å². The van der Waals surface area contributed by atoms with Crippen LogP contribution in [0.3, 0.4) is 0 Å². The monoisotopic (exact) mass is 367 g/mol. The van der Waals surface area contributed by atoms with E-state index in [1.54, 1.807) is 0 Å². The molecule has 0 aliphatic heterocycles. The summed E-state index contributed by atoms with van der Waals surface area (Å²) in [5.74, 6) is 0.662. The number of hydrogen-bond donors (Lipinski definition) is 1. The first-order valence-electron chi connectivity index (χ1n) is 10.6. The van der Waals surface area contributed by atoms with Crippen LogP contribution in [0.5, 0.6) is 0 Å². The lowest BCUT2D eigenvalue weighted by Crippen LogP contribution is -2.39. The molecule has 2 aliphatic rings. The molecule has 0 heterocycles. The number of ether oxygens (including phenoxy) is 2. The number of carbonyl (C=O) groups excluding carboxylic acids is 2. The molecule has 5 heteroatoms. The normalized spacial score (nSPS) is 29.5. The van der Waals surface area contributed by atoms with Crippen molar-refractivity contribution in [1.29, 1.82) is 0 Å². The van der Waals surface area contributed by atoms with Gasteiger partial charge in [-0.1, -0.05) is 6.92 Å². The van der Waals surface area contributed by atoms with E-state index in [0.29, 0.717) is 31.3 Å². The highest BCUT2D eigenvalue weighted by molar-refractivity contribution is 5.80. The lowest BCUT2D eigenvalue weighted by molar-refractivity contribution is -0.124. The average Bonchev–Trinajstić information content (AvgIpc) is 2.62. The zero-order valence-electron chi connectivity index (χ0n) is 16.8. The van der Waals surface area contributed by atoms with Crippen LogP contribution in [-0.4, -0.2) is 42.7 Å². The van der Waals surface area contributed by atoms with Gasteiger partial charge in [-0.3, -0.25) is 9.59 Å². The highest BCUT2D eigenvalue weighted by atomic mass is 16.5. The van der Waals surface area contributed by atoms with Gasteiger partial charge < -0.3 is 14.8 Å². The van der Waals surface area contributed by atoms with E-state index in [0.717, 1.165) is 51.4 Å². The third-order valence-corrected chi connectivity index (χ3v) is 5.66.